The minimum absolute atomic E-state index is 0. The number of guanidine groups is 1. The van der Waals surface area contributed by atoms with Crippen LogP contribution in [0.2, 0.25) is 0 Å². The number of aliphatic imine (C=N–C) groups is 1. The normalized spacial score (nSPS) is 10.8. The number of halogens is 1. The molecule has 2 N–H and O–H groups in total. The van der Waals surface area contributed by atoms with Gasteiger partial charge >= 0.3 is 0 Å². The van der Waals surface area contributed by atoms with E-state index in [0.717, 1.165) is 29.8 Å². The molecule has 1 amide bonds. The number of hydrogen-bond donors (Lipinski definition) is 2. The van der Waals surface area contributed by atoms with Crippen LogP contribution in [0.4, 0.5) is 5.69 Å². The number of benzene rings is 2. The van der Waals surface area contributed by atoms with Crippen LogP contribution in [0.1, 0.15) is 22.3 Å². The van der Waals surface area contributed by atoms with Crippen molar-refractivity contribution in [2.45, 2.75) is 12.8 Å². The molecule has 0 saturated carbocycles. The molecule has 170 valence electrons. The molecular weight excluding hydrogens is 507 g/mol. The van der Waals surface area contributed by atoms with Crippen LogP contribution in [0.5, 0.6) is 5.75 Å². The van der Waals surface area contributed by atoms with E-state index in [1.165, 1.54) is 0 Å². The van der Waals surface area contributed by atoms with Crippen LogP contribution >= 0.6 is 24.0 Å². The van der Waals surface area contributed by atoms with Crippen LogP contribution in [0, 0.1) is 0 Å². The Morgan fingerprint density at radius 2 is 1.87 bits per heavy atom. The van der Waals surface area contributed by atoms with Gasteiger partial charge in [0, 0.05) is 65.1 Å². The van der Waals surface area contributed by atoms with E-state index < -0.39 is 0 Å². The number of anilines is 1. The highest BCUT2D eigenvalue weighted by atomic mass is 127. The molecule has 7 nitrogen and oxygen atoms in total. The molecule has 0 aliphatic rings. The Bertz CT molecular complexity index is 843. The van der Waals surface area contributed by atoms with Crippen LogP contribution < -0.4 is 15.4 Å². The predicted octanol–water partition coefficient (Wildman–Crippen LogP) is 3.65. The first-order valence-electron chi connectivity index (χ1n) is 10.0. The number of hydrogen-bond acceptors (Lipinski definition) is 4. The predicted molar refractivity (Wildman–Crippen MR) is 137 cm³/mol. The molecule has 31 heavy (non-hydrogen) atoms. The summed E-state index contributed by atoms with van der Waals surface area (Å²) in [5, 5.41) is 6.58. The van der Waals surface area contributed by atoms with Gasteiger partial charge in [0.15, 0.2) is 5.96 Å². The number of amides is 1. The molecule has 0 atom stereocenters. The van der Waals surface area contributed by atoms with E-state index in [2.05, 4.69) is 15.6 Å². The van der Waals surface area contributed by atoms with E-state index in [-0.39, 0.29) is 29.9 Å². The first-order valence-corrected chi connectivity index (χ1v) is 10.0. The maximum Gasteiger partial charge on any atom is 0.253 e. The van der Waals surface area contributed by atoms with Gasteiger partial charge < -0.3 is 25.0 Å². The van der Waals surface area contributed by atoms with Gasteiger partial charge in [-0.05, 0) is 36.2 Å². The van der Waals surface area contributed by atoms with E-state index in [9.17, 15) is 4.79 Å². The molecule has 0 fully saturated rings. The van der Waals surface area contributed by atoms with Gasteiger partial charge in [-0.25, -0.2) is 0 Å². The van der Waals surface area contributed by atoms with Gasteiger partial charge in [0.05, 0.1) is 6.61 Å². The fraction of sp³-hybridized carbons (Fsp3) is 0.391. The van der Waals surface area contributed by atoms with Crippen LogP contribution in [0.25, 0.3) is 0 Å². The molecule has 0 aliphatic heterocycles. The first-order chi connectivity index (χ1) is 14.5. The molecule has 2 rings (SSSR count). The van der Waals surface area contributed by atoms with Gasteiger partial charge in [-0.1, -0.05) is 18.2 Å². The van der Waals surface area contributed by atoms with Crippen LogP contribution in [0.3, 0.4) is 0 Å². The molecule has 0 saturated heterocycles. The molecule has 8 heteroatoms. The van der Waals surface area contributed by atoms with Crippen molar-refractivity contribution in [1.29, 1.82) is 0 Å². The lowest BCUT2D eigenvalue weighted by Gasteiger charge is -2.14. The minimum atomic E-state index is 0. The summed E-state index contributed by atoms with van der Waals surface area (Å²) < 4.78 is 10.8. The zero-order valence-corrected chi connectivity index (χ0v) is 21.0. The summed E-state index contributed by atoms with van der Waals surface area (Å²) in [7, 11) is 6.93. The molecule has 2 aromatic carbocycles. The fourth-order valence-corrected chi connectivity index (χ4v) is 2.82. The first kappa shape index (κ1) is 26.7. The number of methoxy groups -OCH3 is 1. The van der Waals surface area contributed by atoms with Crippen LogP contribution in [-0.2, 0) is 11.2 Å². The molecule has 2 aromatic rings. The van der Waals surface area contributed by atoms with E-state index >= 15 is 0 Å². The lowest BCUT2D eigenvalue weighted by atomic mass is 10.1. The lowest BCUT2D eigenvalue weighted by molar-refractivity contribution is 0.0827. The second-order valence-corrected chi connectivity index (χ2v) is 7.00. The summed E-state index contributed by atoms with van der Waals surface area (Å²) in [6.45, 7) is 1.98. The highest BCUT2D eigenvalue weighted by Gasteiger charge is 2.08. The molecule has 0 aliphatic carbocycles. The Hall–Kier alpha value is -2.33. The van der Waals surface area contributed by atoms with Gasteiger partial charge in [-0.15, -0.1) is 24.0 Å². The monoisotopic (exact) mass is 540 g/mol. The fourth-order valence-electron chi connectivity index (χ4n) is 2.82. The van der Waals surface area contributed by atoms with E-state index in [4.69, 9.17) is 9.47 Å². The number of carbonyl (C=O) groups is 1. The van der Waals surface area contributed by atoms with Crippen LogP contribution in [0.15, 0.2) is 53.5 Å². The van der Waals surface area contributed by atoms with E-state index in [1.807, 2.05) is 48.5 Å². The topological polar surface area (TPSA) is 75.2 Å². The van der Waals surface area contributed by atoms with Gasteiger partial charge in [0.25, 0.3) is 5.91 Å². The van der Waals surface area contributed by atoms with Crippen molar-refractivity contribution in [3.63, 3.8) is 0 Å². The Balaban J connectivity index is 0.00000480. The van der Waals surface area contributed by atoms with Crippen molar-refractivity contribution < 1.29 is 14.3 Å². The maximum absolute atomic E-state index is 12.1. The SMILES string of the molecule is CN=C(NCCc1cccc(C(=O)N(C)C)c1)Nc1cccc(OCCCOC)c1.I. The van der Waals surface area contributed by atoms with Gasteiger partial charge in [-0.3, -0.25) is 9.79 Å². The molecule has 0 radical (unpaired) electrons. The average molecular weight is 540 g/mol. The Morgan fingerprint density at radius 3 is 2.58 bits per heavy atom. The summed E-state index contributed by atoms with van der Waals surface area (Å²) in [6, 6.07) is 15.5. The molecule has 0 bridgehead atoms. The Morgan fingerprint density at radius 1 is 1.10 bits per heavy atom. The summed E-state index contributed by atoms with van der Waals surface area (Å²) in [4.78, 5) is 18.0. The molecule has 0 aromatic heterocycles. The van der Waals surface area contributed by atoms with Crippen molar-refractivity contribution in [3.8, 4) is 5.75 Å². The zero-order valence-electron chi connectivity index (χ0n) is 18.7. The Labute approximate surface area is 202 Å². The van der Waals surface area contributed by atoms with Crippen molar-refractivity contribution in [3.05, 3.63) is 59.7 Å². The summed E-state index contributed by atoms with van der Waals surface area (Å²) in [5.74, 6) is 1.48. The Kier molecular flexibility index (Phi) is 12.6. The molecule has 0 spiro atoms. The minimum Gasteiger partial charge on any atom is -0.493 e. The second kappa shape index (κ2) is 14.6. The second-order valence-electron chi connectivity index (χ2n) is 7.00. The van der Waals surface area contributed by atoms with Gasteiger partial charge in [0.2, 0.25) is 0 Å². The molecular formula is C23H33IN4O3. The third kappa shape index (κ3) is 9.56. The number of nitrogens with zero attached hydrogens (tertiary/aromatic N) is 2. The number of carbonyl (C=O) groups excluding carboxylic acids is 1. The maximum atomic E-state index is 12.1. The third-order valence-corrected chi connectivity index (χ3v) is 4.37. The smallest absolute Gasteiger partial charge is 0.253 e. The lowest BCUT2D eigenvalue weighted by Crippen LogP contribution is -2.32. The molecule has 0 heterocycles. The average Bonchev–Trinajstić information content (AvgIpc) is 2.76. The van der Waals surface area contributed by atoms with Crippen molar-refractivity contribution >= 4 is 41.5 Å². The summed E-state index contributed by atoms with van der Waals surface area (Å²) >= 11 is 0. The van der Waals surface area contributed by atoms with Gasteiger partial charge in [-0.2, -0.15) is 0 Å². The zero-order chi connectivity index (χ0) is 21.8. The summed E-state index contributed by atoms with van der Waals surface area (Å²) in [5.41, 5.74) is 2.69. The van der Waals surface area contributed by atoms with E-state index in [1.54, 1.807) is 33.2 Å². The standard InChI is InChI=1S/C23H32N4O3.HI/c1-24-23(26-20-10-6-11-21(17-20)30-15-7-14-29-4)25-13-12-18-8-5-9-19(16-18)22(28)27(2)3;/h5-6,8-11,16-17H,7,12-15H2,1-4H3,(H2,24,25,26);1H. The highest BCUT2D eigenvalue weighted by molar-refractivity contribution is 14.0. The highest BCUT2D eigenvalue weighted by Crippen LogP contribution is 2.17. The van der Waals surface area contributed by atoms with Crippen molar-refractivity contribution in [2.24, 2.45) is 4.99 Å². The molecule has 0 unspecified atom stereocenters. The number of ether oxygens (including phenoxy) is 2. The van der Waals surface area contributed by atoms with Crippen LogP contribution in [-0.4, -0.2) is 64.8 Å². The van der Waals surface area contributed by atoms with Crippen molar-refractivity contribution in [2.75, 3.05) is 53.3 Å². The quantitative estimate of drug-likeness (QED) is 0.208. The number of nitrogens with one attached hydrogen (secondary N) is 2. The largest absolute Gasteiger partial charge is 0.493 e. The van der Waals surface area contributed by atoms with Gasteiger partial charge in [0.1, 0.15) is 5.75 Å². The van der Waals surface area contributed by atoms with Crippen molar-refractivity contribution in [1.82, 2.24) is 10.2 Å². The summed E-state index contributed by atoms with van der Waals surface area (Å²) in [6.07, 6.45) is 1.62. The van der Waals surface area contributed by atoms with E-state index in [0.29, 0.717) is 31.3 Å². The number of rotatable bonds is 10. The third-order valence-electron chi connectivity index (χ3n) is 4.37.